The molecule has 10 heteroatoms. The minimum absolute atomic E-state index is 0.103. The number of hydrogen-bond donors (Lipinski definition) is 2. The summed E-state index contributed by atoms with van der Waals surface area (Å²) in [5, 5.41) is 8.98. The van der Waals surface area contributed by atoms with Crippen LogP contribution in [0.3, 0.4) is 0 Å². The number of fused-ring (bicyclic) bond motifs is 1. The van der Waals surface area contributed by atoms with E-state index in [0.29, 0.717) is 28.4 Å². The van der Waals surface area contributed by atoms with E-state index in [4.69, 9.17) is 0 Å². The summed E-state index contributed by atoms with van der Waals surface area (Å²) >= 11 is 1.42. The zero-order valence-electron chi connectivity index (χ0n) is 14.7. The van der Waals surface area contributed by atoms with Crippen molar-refractivity contribution in [3.05, 3.63) is 66.0 Å². The number of nitrogens with one attached hydrogen (secondary N) is 2. The van der Waals surface area contributed by atoms with E-state index in [0.717, 1.165) is 15.6 Å². The molecule has 6 nitrogen and oxygen atoms in total. The molecule has 1 aliphatic heterocycles. The van der Waals surface area contributed by atoms with E-state index in [1.807, 2.05) is 6.07 Å². The van der Waals surface area contributed by atoms with Crippen LogP contribution in [0.2, 0.25) is 0 Å². The summed E-state index contributed by atoms with van der Waals surface area (Å²) in [6.45, 7) is 0. The lowest BCUT2D eigenvalue weighted by Gasteiger charge is -2.17. The number of halogens is 3. The summed E-state index contributed by atoms with van der Waals surface area (Å²) in [6, 6.07) is 12.1. The molecule has 2 heterocycles. The molecule has 1 aromatic heterocycles. The summed E-state index contributed by atoms with van der Waals surface area (Å²) in [5.41, 5.74) is 0.886. The van der Waals surface area contributed by atoms with Crippen molar-refractivity contribution < 1.29 is 22.8 Å². The van der Waals surface area contributed by atoms with Gasteiger partial charge in [0.1, 0.15) is 0 Å². The molecular formula is C19H13F3N4O2S. The van der Waals surface area contributed by atoms with E-state index in [-0.39, 0.29) is 11.8 Å². The van der Waals surface area contributed by atoms with E-state index < -0.39 is 11.9 Å². The average Bonchev–Trinajstić information content (AvgIpc) is 3.18. The predicted octanol–water partition coefficient (Wildman–Crippen LogP) is 4.19. The minimum atomic E-state index is -4.52. The molecule has 29 heavy (non-hydrogen) atoms. The van der Waals surface area contributed by atoms with Gasteiger partial charge in [-0.15, -0.1) is 11.8 Å². The number of hydrogen-bond acceptors (Lipinski definition) is 4. The molecule has 1 aliphatic rings. The molecule has 2 amide bonds. The van der Waals surface area contributed by atoms with Gasteiger partial charge < -0.3 is 10.6 Å². The number of carbonyl (C=O) groups excluding carboxylic acids is 2. The van der Waals surface area contributed by atoms with Gasteiger partial charge in [-0.3, -0.25) is 9.59 Å². The zero-order valence-corrected chi connectivity index (χ0v) is 15.5. The van der Waals surface area contributed by atoms with Crippen molar-refractivity contribution in [2.75, 3.05) is 16.4 Å². The molecule has 148 valence electrons. The maximum atomic E-state index is 12.7. The lowest BCUT2D eigenvalue weighted by Crippen LogP contribution is -2.19. The molecule has 0 saturated carbocycles. The lowest BCUT2D eigenvalue weighted by atomic mass is 10.2. The Morgan fingerprint density at radius 1 is 1.14 bits per heavy atom. The molecule has 0 fully saturated rings. The van der Waals surface area contributed by atoms with Gasteiger partial charge in [-0.25, -0.2) is 4.68 Å². The Hall–Kier alpha value is -3.27. The smallest absolute Gasteiger partial charge is 0.324 e. The third-order valence-corrected chi connectivity index (χ3v) is 5.22. The molecule has 2 N–H and O–H groups in total. The van der Waals surface area contributed by atoms with Crippen LogP contribution in [0.15, 0.2) is 59.6 Å². The van der Waals surface area contributed by atoms with Gasteiger partial charge in [0.2, 0.25) is 5.91 Å². The van der Waals surface area contributed by atoms with E-state index in [9.17, 15) is 22.8 Å². The number of anilines is 2. The molecule has 0 bridgehead atoms. The number of amides is 2. The Bertz CT molecular complexity index is 1090. The van der Waals surface area contributed by atoms with Crippen LogP contribution in [-0.4, -0.2) is 27.3 Å². The van der Waals surface area contributed by atoms with Crippen LogP contribution in [0.25, 0.3) is 5.69 Å². The Labute approximate surface area is 167 Å². The van der Waals surface area contributed by atoms with E-state index in [2.05, 4.69) is 15.7 Å². The molecule has 0 atom stereocenters. The number of benzene rings is 2. The summed E-state index contributed by atoms with van der Waals surface area (Å²) in [7, 11) is 0. The topological polar surface area (TPSA) is 76.0 Å². The molecule has 0 aliphatic carbocycles. The number of aromatic nitrogens is 2. The fourth-order valence-corrected chi connectivity index (χ4v) is 3.54. The molecule has 2 aromatic carbocycles. The second-order valence-corrected chi connectivity index (χ2v) is 7.21. The first-order valence-electron chi connectivity index (χ1n) is 8.41. The van der Waals surface area contributed by atoms with E-state index >= 15 is 0 Å². The molecule has 0 spiro atoms. The Kier molecular flexibility index (Phi) is 4.79. The normalized spacial score (nSPS) is 13.6. The van der Waals surface area contributed by atoms with Gasteiger partial charge in [0.15, 0.2) is 5.69 Å². The van der Waals surface area contributed by atoms with E-state index in [1.54, 1.807) is 12.1 Å². The number of carbonyl (C=O) groups is 2. The first kappa shape index (κ1) is 19.1. The second kappa shape index (κ2) is 7.28. The predicted molar refractivity (Wildman–Crippen MR) is 102 cm³/mol. The van der Waals surface area contributed by atoms with Crippen LogP contribution in [0.1, 0.15) is 16.1 Å². The van der Waals surface area contributed by atoms with Crippen LogP contribution < -0.4 is 10.6 Å². The first-order chi connectivity index (χ1) is 13.8. The maximum absolute atomic E-state index is 12.7. The van der Waals surface area contributed by atoms with Gasteiger partial charge in [0, 0.05) is 22.3 Å². The van der Waals surface area contributed by atoms with Gasteiger partial charge in [-0.1, -0.05) is 0 Å². The largest absolute Gasteiger partial charge is 0.435 e. The van der Waals surface area contributed by atoms with Crippen molar-refractivity contribution in [2.45, 2.75) is 11.1 Å². The number of rotatable bonds is 3. The highest BCUT2D eigenvalue weighted by atomic mass is 32.2. The molecule has 0 unspecified atom stereocenters. The lowest BCUT2D eigenvalue weighted by molar-refractivity contribution is -0.141. The Balaban J connectivity index is 1.48. The molecule has 3 aromatic rings. The van der Waals surface area contributed by atoms with Crippen LogP contribution in [0.4, 0.5) is 24.5 Å². The Morgan fingerprint density at radius 2 is 1.90 bits per heavy atom. The van der Waals surface area contributed by atoms with Gasteiger partial charge in [-0.2, -0.15) is 18.3 Å². The summed E-state index contributed by atoms with van der Waals surface area (Å²) in [4.78, 5) is 24.9. The van der Waals surface area contributed by atoms with Crippen LogP contribution in [0.5, 0.6) is 0 Å². The standard InChI is InChI=1S/C19H13F3N4O2S/c20-19(21,22)16-7-8-26(25-16)13-4-1-11(2-5-13)18(28)23-12-3-6-15-14(9-12)24-17(27)10-29-15/h1-9H,10H2,(H,23,28)(H,24,27). The quantitative estimate of drug-likeness (QED) is 0.669. The van der Waals surface area contributed by atoms with Crippen molar-refractivity contribution in [3.8, 4) is 5.69 Å². The van der Waals surface area contributed by atoms with Gasteiger partial charge >= 0.3 is 6.18 Å². The van der Waals surface area contributed by atoms with Crippen LogP contribution >= 0.6 is 11.8 Å². The third-order valence-electron chi connectivity index (χ3n) is 4.14. The SMILES string of the molecule is O=C1CSc2ccc(NC(=O)c3ccc(-n4ccc(C(F)(F)F)n4)cc3)cc2N1. The summed E-state index contributed by atoms with van der Waals surface area (Å²) < 4.78 is 39.1. The Morgan fingerprint density at radius 3 is 2.59 bits per heavy atom. The van der Waals surface area contributed by atoms with Gasteiger partial charge in [0.05, 0.1) is 17.1 Å². The van der Waals surface area contributed by atoms with Crippen molar-refractivity contribution in [3.63, 3.8) is 0 Å². The van der Waals surface area contributed by atoms with Crippen molar-refractivity contribution >= 4 is 35.0 Å². The maximum Gasteiger partial charge on any atom is 0.435 e. The number of nitrogens with zero attached hydrogens (tertiary/aromatic N) is 2. The second-order valence-electron chi connectivity index (χ2n) is 6.19. The van der Waals surface area contributed by atoms with Crippen molar-refractivity contribution in [2.24, 2.45) is 0 Å². The van der Waals surface area contributed by atoms with Crippen LogP contribution in [0, 0.1) is 0 Å². The first-order valence-corrected chi connectivity index (χ1v) is 9.39. The molecule has 0 saturated heterocycles. The molecule has 4 rings (SSSR count). The third kappa shape index (κ3) is 4.11. The monoisotopic (exact) mass is 418 g/mol. The fourth-order valence-electron chi connectivity index (χ4n) is 2.75. The summed E-state index contributed by atoms with van der Waals surface area (Å²) in [5.74, 6) is -0.136. The number of alkyl halides is 3. The minimum Gasteiger partial charge on any atom is -0.324 e. The number of thioether (sulfide) groups is 1. The fraction of sp³-hybridized carbons (Fsp3) is 0.105. The van der Waals surface area contributed by atoms with Crippen molar-refractivity contribution in [1.82, 2.24) is 9.78 Å². The average molecular weight is 418 g/mol. The molecular weight excluding hydrogens is 405 g/mol. The summed E-state index contributed by atoms with van der Waals surface area (Å²) in [6.07, 6.45) is -3.31. The highest BCUT2D eigenvalue weighted by Crippen LogP contribution is 2.33. The van der Waals surface area contributed by atoms with Crippen LogP contribution in [-0.2, 0) is 11.0 Å². The van der Waals surface area contributed by atoms with Gasteiger partial charge in [-0.05, 0) is 48.5 Å². The van der Waals surface area contributed by atoms with Crippen molar-refractivity contribution in [1.29, 1.82) is 0 Å². The van der Waals surface area contributed by atoms with E-state index in [1.165, 1.54) is 42.2 Å². The molecule has 0 radical (unpaired) electrons. The highest BCUT2D eigenvalue weighted by molar-refractivity contribution is 8.00. The highest BCUT2D eigenvalue weighted by Gasteiger charge is 2.33. The van der Waals surface area contributed by atoms with Gasteiger partial charge in [0.25, 0.3) is 5.91 Å². The zero-order chi connectivity index (χ0) is 20.6.